The fourth-order valence-electron chi connectivity index (χ4n) is 2.83. The molecule has 0 aliphatic carbocycles. The fraction of sp³-hybridized carbons (Fsp3) is 0.353. The van der Waals surface area contributed by atoms with Crippen molar-refractivity contribution in [3.63, 3.8) is 0 Å². The molecular formula is C17H21N5O3. The number of hydrogen-bond donors (Lipinski definition) is 2. The van der Waals surface area contributed by atoms with Gasteiger partial charge < -0.3 is 10.0 Å². The van der Waals surface area contributed by atoms with Gasteiger partial charge in [0.2, 0.25) is 5.88 Å². The standard InChI is InChI=1S/C17H21N5O3/c1-12(19-21-10-8-20(2)9-11-21)14-15(23)18-17(25)22(16(14)24)13-6-4-3-5-7-13/h3-7,24H,8-11H2,1-2H3,(H,18,23,25). The number of piperazine rings is 1. The van der Waals surface area contributed by atoms with E-state index < -0.39 is 17.1 Å². The second-order valence-electron chi connectivity index (χ2n) is 6.07. The van der Waals surface area contributed by atoms with Crippen molar-refractivity contribution < 1.29 is 5.11 Å². The van der Waals surface area contributed by atoms with Gasteiger partial charge in [0.05, 0.1) is 11.4 Å². The van der Waals surface area contributed by atoms with Crippen LogP contribution in [0.3, 0.4) is 0 Å². The predicted octanol–water partition coefficient (Wildman–Crippen LogP) is 0.203. The Kier molecular flexibility index (Phi) is 4.71. The van der Waals surface area contributed by atoms with E-state index in [-0.39, 0.29) is 5.56 Å². The van der Waals surface area contributed by atoms with E-state index in [0.29, 0.717) is 11.4 Å². The summed E-state index contributed by atoms with van der Waals surface area (Å²) in [7, 11) is 2.04. The van der Waals surface area contributed by atoms with Crippen LogP contribution in [0.25, 0.3) is 5.69 Å². The van der Waals surface area contributed by atoms with Crippen LogP contribution in [0.1, 0.15) is 12.5 Å². The van der Waals surface area contributed by atoms with E-state index in [9.17, 15) is 14.7 Å². The minimum Gasteiger partial charge on any atom is -0.493 e. The molecule has 0 amide bonds. The third kappa shape index (κ3) is 3.48. The van der Waals surface area contributed by atoms with Gasteiger partial charge in [0, 0.05) is 26.2 Å². The summed E-state index contributed by atoms with van der Waals surface area (Å²) in [6.45, 7) is 4.89. The van der Waals surface area contributed by atoms with Gasteiger partial charge in [-0.05, 0) is 26.1 Å². The quantitative estimate of drug-likeness (QED) is 0.777. The van der Waals surface area contributed by atoms with Gasteiger partial charge in [0.15, 0.2) is 0 Å². The molecule has 1 saturated heterocycles. The first-order valence-electron chi connectivity index (χ1n) is 8.10. The number of nitrogens with one attached hydrogen (secondary N) is 1. The van der Waals surface area contributed by atoms with Gasteiger partial charge in [-0.15, -0.1) is 0 Å². The first-order chi connectivity index (χ1) is 12.0. The van der Waals surface area contributed by atoms with Crippen LogP contribution >= 0.6 is 0 Å². The average molecular weight is 343 g/mol. The smallest absolute Gasteiger partial charge is 0.335 e. The van der Waals surface area contributed by atoms with Crippen molar-refractivity contribution in [1.29, 1.82) is 0 Å². The van der Waals surface area contributed by atoms with Gasteiger partial charge in [-0.2, -0.15) is 5.10 Å². The van der Waals surface area contributed by atoms with Crippen molar-refractivity contribution in [1.82, 2.24) is 19.5 Å². The summed E-state index contributed by atoms with van der Waals surface area (Å²) in [5.74, 6) is -0.407. The summed E-state index contributed by atoms with van der Waals surface area (Å²) < 4.78 is 1.07. The lowest BCUT2D eigenvalue weighted by atomic mass is 10.2. The molecule has 0 bridgehead atoms. The molecule has 0 atom stereocenters. The van der Waals surface area contributed by atoms with Crippen LogP contribution in [0.4, 0.5) is 0 Å². The summed E-state index contributed by atoms with van der Waals surface area (Å²) in [5, 5.41) is 16.9. The lowest BCUT2D eigenvalue weighted by Gasteiger charge is -2.30. The van der Waals surface area contributed by atoms with E-state index >= 15 is 0 Å². The zero-order valence-corrected chi connectivity index (χ0v) is 14.3. The van der Waals surface area contributed by atoms with E-state index in [1.165, 1.54) is 0 Å². The first-order valence-corrected chi connectivity index (χ1v) is 8.10. The minimum atomic E-state index is -0.690. The number of nitrogens with zero attached hydrogens (tertiary/aromatic N) is 4. The molecule has 1 aliphatic rings. The van der Waals surface area contributed by atoms with Crippen LogP contribution in [0.15, 0.2) is 45.0 Å². The Labute approximate surface area is 144 Å². The van der Waals surface area contributed by atoms with Gasteiger partial charge in [0.25, 0.3) is 5.56 Å². The minimum absolute atomic E-state index is 0.00220. The maximum absolute atomic E-state index is 12.2. The number of aromatic hydroxyl groups is 1. The molecule has 25 heavy (non-hydrogen) atoms. The van der Waals surface area contributed by atoms with E-state index in [0.717, 1.165) is 30.7 Å². The molecule has 1 aromatic heterocycles. The Balaban J connectivity index is 2.05. The van der Waals surface area contributed by atoms with Gasteiger partial charge >= 0.3 is 5.69 Å². The van der Waals surface area contributed by atoms with Crippen LogP contribution in [-0.4, -0.2) is 63.5 Å². The fourth-order valence-corrected chi connectivity index (χ4v) is 2.83. The first kappa shape index (κ1) is 17.0. The molecule has 0 unspecified atom stereocenters. The summed E-state index contributed by atoms with van der Waals surface area (Å²) >= 11 is 0. The predicted molar refractivity (Wildman–Crippen MR) is 95.6 cm³/mol. The molecule has 1 aromatic carbocycles. The number of H-pyrrole nitrogens is 1. The molecule has 1 aliphatic heterocycles. The highest BCUT2D eigenvalue weighted by atomic mass is 16.3. The molecule has 8 nitrogen and oxygen atoms in total. The molecule has 2 heterocycles. The second kappa shape index (κ2) is 6.94. The molecule has 0 saturated carbocycles. The Bertz CT molecular complexity index is 893. The molecule has 132 valence electrons. The van der Waals surface area contributed by atoms with Crippen LogP contribution in [0.2, 0.25) is 0 Å². The zero-order valence-electron chi connectivity index (χ0n) is 14.3. The molecule has 2 N–H and O–H groups in total. The third-order valence-electron chi connectivity index (χ3n) is 4.23. The summed E-state index contributed by atoms with van der Waals surface area (Å²) in [4.78, 5) is 28.8. The molecule has 3 rings (SSSR count). The number of aromatic amines is 1. The van der Waals surface area contributed by atoms with Crippen LogP contribution in [0.5, 0.6) is 5.88 Å². The van der Waals surface area contributed by atoms with E-state index in [4.69, 9.17) is 0 Å². The number of para-hydroxylation sites is 1. The average Bonchev–Trinajstić information content (AvgIpc) is 2.57. The number of aromatic nitrogens is 2. The van der Waals surface area contributed by atoms with Crippen molar-refractivity contribution >= 4 is 5.71 Å². The second-order valence-corrected chi connectivity index (χ2v) is 6.07. The topological polar surface area (TPSA) is 93.9 Å². The Morgan fingerprint density at radius 1 is 1.12 bits per heavy atom. The van der Waals surface area contributed by atoms with Gasteiger partial charge in [-0.3, -0.25) is 14.8 Å². The number of hydrazone groups is 1. The van der Waals surface area contributed by atoms with Crippen LogP contribution < -0.4 is 11.2 Å². The number of rotatable bonds is 3. The zero-order chi connectivity index (χ0) is 18.0. The molecule has 1 fully saturated rings. The van der Waals surface area contributed by atoms with Crippen LogP contribution in [-0.2, 0) is 0 Å². The van der Waals surface area contributed by atoms with Gasteiger partial charge in [0.1, 0.15) is 5.56 Å². The van der Waals surface area contributed by atoms with Crippen molar-refractivity contribution in [2.45, 2.75) is 6.92 Å². The Morgan fingerprint density at radius 2 is 1.76 bits per heavy atom. The van der Waals surface area contributed by atoms with Gasteiger partial charge in [-0.1, -0.05) is 18.2 Å². The number of hydrogen-bond acceptors (Lipinski definition) is 6. The van der Waals surface area contributed by atoms with E-state index in [2.05, 4.69) is 15.0 Å². The molecule has 0 spiro atoms. The highest BCUT2D eigenvalue weighted by molar-refractivity contribution is 6.00. The molecule has 8 heteroatoms. The lowest BCUT2D eigenvalue weighted by Crippen LogP contribution is -2.42. The highest BCUT2D eigenvalue weighted by Gasteiger charge is 2.19. The lowest BCUT2D eigenvalue weighted by molar-refractivity contribution is 0.159. The number of likely N-dealkylation sites (N-methyl/N-ethyl adjacent to an activating group) is 1. The summed E-state index contributed by atoms with van der Waals surface area (Å²) in [5.41, 5.74) is -0.500. The van der Waals surface area contributed by atoms with Crippen molar-refractivity contribution in [2.75, 3.05) is 33.2 Å². The normalized spacial score (nSPS) is 16.2. The maximum Gasteiger partial charge on any atom is 0.335 e. The van der Waals surface area contributed by atoms with E-state index in [1.807, 2.05) is 12.1 Å². The molecular weight excluding hydrogens is 322 g/mol. The Hall–Kier alpha value is -2.87. The van der Waals surface area contributed by atoms with E-state index in [1.54, 1.807) is 37.3 Å². The monoisotopic (exact) mass is 343 g/mol. The summed E-state index contributed by atoms with van der Waals surface area (Å²) in [6.07, 6.45) is 0. The largest absolute Gasteiger partial charge is 0.493 e. The van der Waals surface area contributed by atoms with Crippen molar-refractivity contribution in [2.24, 2.45) is 5.10 Å². The molecule has 0 radical (unpaired) electrons. The molecule has 2 aromatic rings. The van der Waals surface area contributed by atoms with Gasteiger partial charge in [-0.25, -0.2) is 9.36 Å². The Morgan fingerprint density at radius 3 is 2.40 bits per heavy atom. The summed E-state index contributed by atoms with van der Waals surface area (Å²) in [6, 6.07) is 8.65. The maximum atomic E-state index is 12.2. The third-order valence-corrected chi connectivity index (χ3v) is 4.23. The number of benzene rings is 1. The highest BCUT2D eigenvalue weighted by Crippen LogP contribution is 2.17. The SMILES string of the molecule is CC(=NN1CCN(C)CC1)c1c(O)n(-c2ccccc2)c(=O)[nH]c1=O. The van der Waals surface area contributed by atoms with Crippen molar-refractivity contribution in [3.8, 4) is 11.6 Å². The van der Waals surface area contributed by atoms with Crippen LogP contribution in [0, 0.1) is 0 Å². The van der Waals surface area contributed by atoms with Crippen molar-refractivity contribution in [3.05, 3.63) is 56.7 Å².